The standard InChI is InChI=1S/C34H28BN3O2.Pt/c1-34(2,3)23-19-24(35-37(4)30-13-7-8-14-32(30)40-35)21-26(20-23)39-25-16-17-28-27-11-5-6-12-29(27)38(31(28)22-25)33-15-9-10-18-36-33;/h5-20H,1-4H3;/q-2;+2. The Morgan fingerprint density at radius 3 is 2.39 bits per heavy atom. The minimum absolute atomic E-state index is 0. The maximum Gasteiger partial charge on any atom is 2.00 e. The van der Waals surface area contributed by atoms with E-state index in [4.69, 9.17) is 9.39 Å². The second-order valence-electron chi connectivity index (χ2n) is 11.2. The van der Waals surface area contributed by atoms with Crippen LogP contribution in [-0.2, 0) is 26.5 Å². The van der Waals surface area contributed by atoms with Crippen LogP contribution in [0.15, 0.2) is 97.2 Å². The first-order valence-electron chi connectivity index (χ1n) is 13.5. The van der Waals surface area contributed by atoms with Crippen LogP contribution in [0.5, 0.6) is 17.2 Å². The molecule has 0 bridgehead atoms. The molecule has 0 unspecified atom stereocenters. The van der Waals surface area contributed by atoms with E-state index in [1.807, 2.05) is 61.8 Å². The molecule has 0 N–H and O–H groups in total. The fourth-order valence-corrected chi connectivity index (χ4v) is 5.41. The van der Waals surface area contributed by atoms with Gasteiger partial charge in [-0.2, -0.15) is 12.1 Å². The molecule has 0 radical (unpaired) electrons. The Labute approximate surface area is 255 Å². The summed E-state index contributed by atoms with van der Waals surface area (Å²) in [4.78, 5) is 6.77. The van der Waals surface area contributed by atoms with E-state index in [0.29, 0.717) is 11.5 Å². The van der Waals surface area contributed by atoms with Crippen molar-refractivity contribution in [3.8, 4) is 23.1 Å². The third-order valence-corrected chi connectivity index (χ3v) is 7.49. The van der Waals surface area contributed by atoms with E-state index in [-0.39, 0.29) is 33.5 Å². The third-order valence-electron chi connectivity index (χ3n) is 7.49. The summed E-state index contributed by atoms with van der Waals surface area (Å²) in [6.07, 6.45) is 1.81. The molecule has 0 fully saturated rings. The van der Waals surface area contributed by atoms with Crippen molar-refractivity contribution in [1.29, 1.82) is 0 Å². The zero-order chi connectivity index (χ0) is 27.4. The molecule has 0 saturated heterocycles. The number of benzene rings is 4. The summed E-state index contributed by atoms with van der Waals surface area (Å²) < 4.78 is 15.0. The van der Waals surface area contributed by atoms with Crippen LogP contribution >= 0.6 is 0 Å². The first-order chi connectivity index (χ1) is 19.4. The van der Waals surface area contributed by atoms with Crippen LogP contribution in [0.1, 0.15) is 26.3 Å². The Balaban J connectivity index is 0.00000302. The van der Waals surface area contributed by atoms with E-state index < -0.39 is 0 Å². The molecule has 204 valence electrons. The number of pyridine rings is 1. The van der Waals surface area contributed by atoms with Crippen molar-refractivity contribution in [1.82, 2.24) is 9.55 Å². The second-order valence-corrected chi connectivity index (χ2v) is 11.2. The van der Waals surface area contributed by atoms with Gasteiger partial charge in [-0.25, -0.2) is 4.98 Å². The summed E-state index contributed by atoms with van der Waals surface area (Å²) in [5, 5.41) is 2.25. The zero-order valence-corrected chi connectivity index (χ0v) is 25.6. The largest absolute Gasteiger partial charge is 2.00 e. The van der Waals surface area contributed by atoms with Crippen molar-refractivity contribution in [2.24, 2.45) is 0 Å². The minimum Gasteiger partial charge on any atom is -0.537 e. The molecule has 7 rings (SSSR count). The number of hydrogen-bond donors (Lipinski definition) is 0. The Morgan fingerprint density at radius 2 is 1.61 bits per heavy atom. The van der Waals surface area contributed by atoms with E-state index in [2.05, 4.69) is 89.7 Å². The van der Waals surface area contributed by atoms with Gasteiger partial charge in [0.25, 0.3) is 0 Å². The Kier molecular flexibility index (Phi) is 6.91. The topological polar surface area (TPSA) is 39.5 Å². The molecule has 1 aliphatic heterocycles. The van der Waals surface area contributed by atoms with Crippen LogP contribution in [0.3, 0.4) is 0 Å². The van der Waals surface area contributed by atoms with E-state index in [1.54, 1.807) is 0 Å². The van der Waals surface area contributed by atoms with Crippen LogP contribution in [-0.4, -0.2) is 23.6 Å². The molecular weight excluding hydrogens is 688 g/mol. The van der Waals surface area contributed by atoms with Crippen molar-refractivity contribution < 1.29 is 30.5 Å². The van der Waals surface area contributed by atoms with Crippen LogP contribution in [0.2, 0.25) is 0 Å². The van der Waals surface area contributed by atoms with Gasteiger partial charge in [0.15, 0.2) is 0 Å². The van der Waals surface area contributed by atoms with E-state index >= 15 is 0 Å². The molecule has 4 aromatic carbocycles. The molecule has 3 heterocycles. The van der Waals surface area contributed by atoms with Crippen molar-refractivity contribution in [2.75, 3.05) is 11.9 Å². The summed E-state index contributed by atoms with van der Waals surface area (Å²) in [6, 6.07) is 37.7. The third kappa shape index (κ3) is 4.81. The summed E-state index contributed by atoms with van der Waals surface area (Å²) in [6.45, 7) is 6.61. The maximum absolute atomic E-state index is 6.50. The molecular formula is C34H28BN3O2Pt. The molecule has 0 spiro atoms. The summed E-state index contributed by atoms with van der Waals surface area (Å²) in [5.41, 5.74) is 5.03. The molecule has 6 aromatic rings. The van der Waals surface area contributed by atoms with Crippen molar-refractivity contribution in [2.45, 2.75) is 26.2 Å². The Hall–Kier alpha value is -4.02. The second kappa shape index (κ2) is 10.4. The van der Waals surface area contributed by atoms with Gasteiger partial charge in [-0.05, 0) is 48.2 Å². The summed E-state index contributed by atoms with van der Waals surface area (Å²) in [5.74, 6) is 2.95. The van der Waals surface area contributed by atoms with Gasteiger partial charge in [-0.1, -0.05) is 62.7 Å². The number of para-hydroxylation sites is 3. The van der Waals surface area contributed by atoms with Crippen LogP contribution in [0.25, 0.3) is 27.6 Å². The number of anilines is 1. The predicted molar refractivity (Wildman–Crippen MR) is 162 cm³/mol. The number of rotatable bonds is 4. The molecule has 1 aliphatic rings. The number of nitrogens with zero attached hydrogens (tertiary/aromatic N) is 3. The van der Waals surface area contributed by atoms with Crippen LogP contribution in [0.4, 0.5) is 5.69 Å². The van der Waals surface area contributed by atoms with Crippen LogP contribution in [0, 0.1) is 12.1 Å². The fraction of sp³-hybridized carbons (Fsp3) is 0.147. The number of aromatic nitrogens is 2. The zero-order valence-electron chi connectivity index (χ0n) is 23.3. The van der Waals surface area contributed by atoms with Gasteiger partial charge in [0.2, 0.25) is 0 Å². The van der Waals surface area contributed by atoms with Crippen LogP contribution < -0.4 is 19.7 Å². The molecule has 2 aromatic heterocycles. The predicted octanol–water partition coefficient (Wildman–Crippen LogP) is 7.09. The minimum atomic E-state index is -0.291. The average Bonchev–Trinajstić information content (AvgIpc) is 3.47. The molecule has 0 saturated carbocycles. The monoisotopic (exact) mass is 716 g/mol. The van der Waals surface area contributed by atoms with Crippen molar-refractivity contribution >= 4 is 40.0 Å². The molecule has 0 atom stereocenters. The summed E-state index contributed by atoms with van der Waals surface area (Å²) >= 11 is 0. The first kappa shape index (κ1) is 27.2. The van der Waals surface area contributed by atoms with Gasteiger partial charge < -0.3 is 18.8 Å². The maximum atomic E-state index is 6.50. The normalized spacial score (nSPS) is 12.8. The fourth-order valence-electron chi connectivity index (χ4n) is 5.41. The molecule has 5 nitrogen and oxygen atoms in total. The van der Waals surface area contributed by atoms with Crippen molar-refractivity contribution in [3.63, 3.8) is 0 Å². The summed E-state index contributed by atoms with van der Waals surface area (Å²) in [7, 11) is 1.76. The average molecular weight is 717 g/mol. The quantitative estimate of drug-likeness (QED) is 0.144. The molecule has 7 heteroatoms. The van der Waals surface area contributed by atoms with E-state index in [0.717, 1.165) is 50.1 Å². The molecule has 0 aliphatic carbocycles. The number of hydrogen-bond acceptors (Lipinski definition) is 4. The van der Waals surface area contributed by atoms with E-state index in [9.17, 15) is 0 Å². The van der Waals surface area contributed by atoms with Gasteiger partial charge in [0, 0.05) is 23.2 Å². The first-order valence-corrected chi connectivity index (χ1v) is 13.5. The SMILES string of the molecule is CN1B(c2[c-]c(Oc3[c-]c4c(cc3)c3ccccc3n4-c3ccccn3)cc(C(C)(C)C)c2)Oc2ccccc21.[Pt+2]. The smallest absolute Gasteiger partial charge is 0.537 e. The molecule has 41 heavy (non-hydrogen) atoms. The Bertz CT molecular complexity index is 1880. The van der Waals surface area contributed by atoms with Gasteiger partial charge in [0.05, 0.1) is 5.69 Å². The Morgan fingerprint density at radius 1 is 0.829 bits per heavy atom. The number of ether oxygens (including phenoxy) is 1. The van der Waals surface area contributed by atoms with Crippen molar-refractivity contribution in [3.05, 3.63) is 115 Å². The van der Waals surface area contributed by atoms with Gasteiger partial charge >= 0.3 is 28.1 Å². The molecule has 0 amide bonds. The van der Waals surface area contributed by atoms with Gasteiger partial charge in [0.1, 0.15) is 11.6 Å². The van der Waals surface area contributed by atoms with Gasteiger partial charge in [-0.15, -0.1) is 40.7 Å². The number of fused-ring (bicyclic) bond motifs is 4. The van der Waals surface area contributed by atoms with E-state index in [1.165, 1.54) is 0 Å². The van der Waals surface area contributed by atoms with Gasteiger partial charge in [-0.3, -0.25) is 0 Å².